The van der Waals surface area contributed by atoms with E-state index in [0.717, 1.165) is 36.9 Å². The van der Waals surface area contributed by atoms with Crippen molar-refractivity contribution >= 4 is 21.6 Å². The maximum atomic E-state index is 13.5. The molecule has 1 aromatic carbocycles. The maximum absolute atomic E-state index is 13.5. The number of rotatable bonds is 6. The standard InChI is InChI=1S/C24H28FN5O3S/c1-4-5-21(17-12-20(14-26-13-17)34(3,32)33)28-24(31)29-16(2)6-11-22-23(29)15-27-30(22)19-9-7-18(25)8-10-19/h7-10,12-16,21H,4-6,11H2,1-3H3,(H,28,31). The molecule has 0 aliphatic carbocycles. The number of pyridine rings is 1. The predicted octanol–water partition coefficient (Wildman–Crippen LogP) is 4.20. The number of hydrogen-bond donors (Lipinski definition) is 1. The number of amides is 2. The SMILES string of the molecule is CCCC(NC(=O)N1c2cnn(-c3ccc(F)cc3)c2CCC1C)c1cncc(S(C)(=O)=O)c1. The molecule has 0 radical (unpaired) electrons. The summed E-state index contributed by atoms with van der Waals surface area (Å²) in [6.45, 7) is 3.99. The fraction of sp³-hybridized carbons (Fsp3) is 0.375. The van der Waals surface area contributed by atoms with Crippen molar-refractivity contribution in [1.82, 2.24) is 20.1 Å². The van der Waals surface area contributed by atoms with E-state index < -0.39 is 15.9 Å². The Labute approximate surface area is 198 Å². The average Bonchev–Trinajstić information content (AvgIpc) is 3.22. The van der Waals surface area contributed by atoms with Crippen molar-refractivity contribution in [2.24, 2.45) is 0 Å². The molecule has 10 heteroatoms. The van der Waals surface area contributed by atoms with Gasteiger partial charge in [0, 0.05) is 24.7 Å². The lowest BCUT2D eigenvalue weighted by molar-refractivity contribution is 0.239. The summed E-state index contributed by atoms with van der Waals surface area (Å²) >= 11 is 0. The molecule has 3 aromatic rings. The Balaban J connectivity index is 1.63. The lowest BCUT2D eigenvalue weighted by atomic mass is 10.0. The number of halogens is 1. The Hall–Kier alpha value is -3.27. The molecule has 0 fully saturated rings. The van der Waals surface area contributed by atoms with Crippen LogP contribution in [0.5, 0.6) is 0 Å². The Morgan fingerprint density at radius 3 is 2.65 bits per heavy atom. The molecule has 1 N–H and O–H groups in total. The summed E-state index contributed by atoms with van der Waals surface area (Å²) in [4.78, 5) is 19.4. The van der Waals surface area contributed by atoms with E-state index >= 15 is 0 Å². The van der Waals surface area contributed by atoms with Gasteiger partial charge in [0.2, 0.25) is 0 Å². The number of aromatic nitrogens is 3. The average molecular weight is 486 g/mol. The molecule has 2 atom stereocenters. The van der Waals surface area contributed by atoms with Gasteiger partial charge >= 0.3 is 6.03 Å². The number of anilines is 1. The van der Waals surface area contributed by atoms with Gasteiger partial charge in [0.25, 0.3) is 0 Å². The third-order valence-electron chi connectivity index (χ3n) is 6.08. The third kappa shape index (κ3) is 4.82. The second-order valence-electron chi connectivity index (χ2n) is 8.64. The van der Waals surface area contributed by atoms with E-state index in [-0.39, 0.29) is 22.8 Å². The van der Waals surface area contributed by atoms with Crippen LogP contribution in [0.25, 0.3) is 5.69 Å². The van der Waals surface area contributed by atoms with Crippen molar-refractivity contribution in [3.05, 3.63) is 66.0 Å². The first-order chi connectivity index (χ1) is 16.2. The van der Waals surface area contributed by atoms with Crippen molar-refractivity contribution < 1.29 is 17.6 Å². The van der Waals surface area contributed by atoms with Gasteiger partial charge in [0.15, 0.2) is 9.84 Å². The van der Waals surface area contributed by atoms with Gasteiger partial charge in [0.05, 0.1) is 34.2 Å². The van der Waals surface area contributed by atoms with Crippen LogP contribution < -0.4 is 10.2 Å². The Morgan fingerprint density at radius 1 is 1.24 bits per heavy atom. The Morgan fingerprint density at radius 2 is 1.97 bits per heavy atom. The minimum atomic E-state index is -3.42. The highest BCUT2D eigenvalue weighted by Crippen LogP contribution is 2.33. The topological polar surface area (TPSA) is 97.2 Å². The second-order valence-corrected chi connectivity index (χ2v) is 10.7. The zero-order valence-corrected chi connectivity index (χ0v) is 20.2. The van der Waals surface area contributed by atoms with Crippen LogP contribution in [-0.2, 0) is 16.3 Å². The number of nitrogens with zero attached hydrogens (tertiary/aromatic N) is 4. The molecule has 1 aliphatic heterocycles. The Bertz CT molecular complexity index is 1290. The highest BCUT2D eigenvalue weighted by molar-refractivity contribution is 7.90. The largest absolute Gasteiger partial charge is 0.331 e. The molecule has 4 rings (SSSR count). The minimum absolute atomic E-state index is 0.0545. The van der Waals surface area contributed by atoms with Crippen LogP contribution in [0.2, 0.25) is 0 Å². The first kappa shape index (κ1) is 23.9. The molecule has 0 saturated heterocycles. The van der Waals surface area contributed by atoms with Gasteiger partial charge in [-0.25, -0.2) is 22.3 Å². The molecule has 180 valence electrons. The number of carbonyl (C=O) groups excluding carboxylic acids is 1. The van der Waals surface area contributed by atoms with Gasteiger partial charge in [-0.05, 0) is 62.1 Å². The fourth-order valence-electron chi connectivity index (χ4n) is 4.29. The molecule has 0 spiro atoms. The van der Waals surface area contributed by atoms with Crippen molar-refractivity contribution in [2.45, 2.75) is 56.5 Å². The molecular weight excluding hydrogens is 457 g/mol. The number of hydrogen-bond acceptors (Lipinski definition) is 5. The van der Waals surface area contributed by atoms with Gasteiger partial charge in [-0.15, -0.1) is 0 Å². The van der Waals surface area contributed by atoms with E-state index in [0.29, 0.717) is 17.7 Å². The number of fused-ring (bicyclic) bond motifs is 1. The monoisotopic (exact) mass is 485 g/mol. The van der Waals surface area contributed by atoms with Crippen molar-refractivity contribution in [2.75, 3.05) is 11.2 Å². The summed E-state index contributed by atoms with van der Waals surface area (Å²) in [5.41, 5.74) is 2.96. The second kappa shape index (κ2) is 9.54. The van der Waals surface area contributed by atoms with Crippen LogP contribution in [-0.4, -0.2) is 41.5 Å². The zero-order valence-electron chi connectivity index (χ0n) is 19.4. The molecule has 2 unspecified atom stereocenters. The number of carbonyl (C=O) groups is 1. The van der Waals surface area contributed by atoms with E-state index in [4.69, 9.17) is 0 Å². The van der Waals surface area contributed by atoms with Crippen molar-refractivity contribution in [1.29, 1.82) is 0 Å². The lowest BCUT2D eigenvalue weighted by Gasteiger charge is -2.34. The molecule has 3 heterocycles. The fourth-order valence-corrected chi connectivity index (χ4v) is 4.89. The molecule has 2 amide bonds. The number of urea groups is 1. The van der Waals surface area contributed by atoms with Gasteiger partial charge < -0.3 is 5.32 Å². The summed E-state index contributed by atoms with van der Waals surface area (Å²) in [5, 5.41) is 7.55. The number of benzene rings is 1. The van der Waals surface area contributed by atoms with E-state index in [1.54, 1.807) is 40.2 Å². The number of nitrogens with one attached hydrogen (secondary N) is 1. The predicted molar refractivity (Wildman–Crippen MR) is 127 cm³/mol. The van der Waals surface area contributed by atoms with E-state index in [1.807, 2.05) is 13.8 Å². The van der Waals surface area contributed by atoms with Crippen LogP contribution in [0.1, 0.15) is 50.4 Å². The highest BCUT2D eigenvalue weighted by Gasteiger charge is 2.32. The van der Waals surface area contributed by atoms with Gasteiger partial charge in [-0.2, -0.15) is 5.10 Å². The summed E-state index contributed by atoms with van der Waals surface area (Å²) < 4.78 is 39.1. The molecule has 34 heavy (non-hydrogen) atoms. The normalized spacial score (nSPS) is 16.7. The summed E-state index contributed by atoms with van der Waals surface area (Å²) in [6.07, 6.45) is 8.60. The molecule has 8 nitrogen and oxygen atoms in total. The summed E-state index contributed by atoms with van der Waals surface area (Å²) in [6, 6.07) is 6.92. The van der Waals surface area contributed by atoms with Crippen LogP contribution in [0, 0.1) is 5.82 Å². The summed E-state index contributed by atoms with van der Waals surface area (Å²) in [7, 11) is -3.42. The van der Waals surface area contributed by atoms with Crippen LogP contribution in [0.15, 0.2) is 53.8 Å². The van der Waals surface area contributed by atoms with Crippen LogP contribution >= 0.6 is 0 Å². The van der Waals surface area contributed by atoms with Gasteiger partial charge in [0.1, 0.15) is 5.82 Å². The minimum Gasteiger partial charge on any atom is -0.331 e. The van der Waals surface area contributed by atoms with Crippen molar-refractivity contribution in [3.8, 4) is 5.69 Å². The third-order valence-corrected chi connectivity index (χ3v) is 7.16. The molecular formula is C24H28FN5O3S. The van der Waals surface area contributed by atoms with E-state index in [2.05, 4.69) is 15.4 Å². The molecule has 0 bridgehead atoms. The van der Waals surface area contributed by atoms with Crippen molar-refractivity contribution in [3.63, 3.8) is 0 Å². The van der Waals surface area contributed by atoms with E-state index in [9.17, 15) is 17.6 Å². The zero-order chi connectivity index (χ0) is 24.5. The maximum Gasteiger partial charge on any atom is 0.322 e. The lowest BCUT2D eigenvalue weighted by Crippen LogP contribution is -2.48. The first-order valence-electron chi connectivity index (χ1n) is 11.3. The van der Waals surface area contributed by atoms with E-state index in [1.165, 1.54) is 18.3 Å². The quantitative estimate of drug-likeness (QED) is 0.564. The molecule has 1 aliphatic rings. The number of sulfone groups is 1. The smallest absolute Gasteiger partial charge is 0.322 e. The summed E-state index contributed by atoms with van der Waals surface area (Å²) in [5.74, 6) is -0.323. The van der Waals surface area contributed by atoms with Crippen LogP contribution in [0.3, 0.4) is 0 Å². The van der Waals surface area contributed by atoms with Crippen LogP contribution in [0.4, 0.5) is 14.9 Å². The Kier molecular flexibility index (Phi) is 6.70. The molecule has 2 aromatic heterocycles. The molecule has 0 saturated carbocycles. The first-order valence-corrected chi connectivity index (χ1v) is 13.2. The van der Waals surface area contributed by atoms with Gasteiger partial charge in [-0.1, -0.05) is 13.3 Å². The van der Waals surface area contributed by atoms with Gasteiger partial charge in [-0.3, -0.25) is 9.88 Å². The highest BCUT2D eigenvalue weighted by atomic mass is 32.2.